The van der Waals surface area contributed by atoms with Crippen molar-refractivity contribution < 1.29 is 4.79 Å². The van der Waals surface area contributed by atoms with E-state index >= 15 is 0 Å². The van der Waals surface area contributed by atoms with Gasteiger partial charge in [0.15, 0.2) is 0 Å². The molecule has 0 unspecified atom stereocenters. The summed E-state index contributed by atoms with van der Waals surface area (Å²) in [5.74, 6) is 0.258. The molecule has 2 heterocycles. The average Bonchev–Trinajstić information content (AvgIpc) is 2.78. The maximum atomic E-state index is 12.6. The van der Waals surface area contributed by atoms with Crippen molar-refractivity contribution in [3.63, 3.8) is 0 Å². The van der Waals surface area contributed by atoms with Gasteiger partial charge in [0.1, 0.15) is 0 Å². The Kier molecular flexibility index (Phi) is 5.77. The van der Waals surface area contributed by atoms with E-state index in [1.165, 1.54) is 22.4 Å². The Balaban J connectivity index is 1.67. The van der Waals surface area contributed by atoms with Gasteiger partial charge >= 0.3 is 0 Å². The predicted octanol–water partition coefficient (Wildman–Crippen LogP) is 3.06. The van der Waals surface area contributed by atoms with Gasteiger partial charge in [-0.1, -0.05) is 24.3 Å². The quantitative estimate of drug-likeness (QED) is 0.829. The fraction of sp³-hybridized carbons (Fsp3) is 0.524. The maximum absolute atomic E-state index is 12.6. The van der Waals surface area contributed by atoms with E-state index in [2.05, 4.69) is 54.5 Å². The molecule has 3 rings (SSSR count). The lowest BCUT2D eigenvalue weighted by Crippen LogP contribution is -2.33. The Morgan fingerprint density at radius 3 is 2.50 bits per heavy atom. The molecule has 5 nitrogen and oxygen atoms in total. The van der Waals surface area contributed by atoms with Crippen molar-refractivity contribution >= 4 is 5.91 Å². The van der Waals surface area contributed by atoms with Crippen LogP contribution in [0.15, 0.2) is 24.3 Å². The summed E-state index contributed by atoms with van der Waals surface area (Å²) < 4.78 is 2.07. The van der Waals surface area contributed by atoms with Gasteiger partial charge in [-0.2, -0.15) is 5.10 Å². The van der Waals surface area contributed by atoms with Crippen LogP contribution in [0.1, 0.15) is 41.4 Å². The number of aryl methyl sites for hydroxylation is 3. The highest BCUT2D eigenvalue weighted by Gasteiger charge is 2.23. The Bertz CT molecular complexity index is 780. The first-order chi connectivity index (χ1) is 12.5. The molecule has 0 spiro atoms. The summed E-state index contributed by atoms with van der Waals surface area (Å²) in [6.07, 6.45) is 0.589. The number of rotatable bonds is 5. The van der Waals surface area contributed by atoms with E-state index in [0.29, 0.717) is 13.0 Å². The Morgan fingerprint density at radius 2 is 1.81 bits per heavy atom. The van der Waals surface area contributed by atoms with Gasteiger partial charge in [0, 0.05) is 56.9 Å². The average molecular weight is 354 g/mol. The smallest absolute Gasteiger partial charge is 0.224 e. The van der Waals surface area contributed by atoms with Crippen LogP contribution < -0.4 is 0 Å². The van der Waals surface area contributed by atoms with Crippen molar-refractivity contribution in [2.45, 2.75) is 53.8 Å². The van der Waals surface area contributed by atoms with Crippen LogP contribution in [0.4, 0.5) is 0 Å². The number of carbonyl (C=O) groups excluding carboxylic acids is 1. The van der Waals surface area contributed by atoms with Crippen molar-refractivity contribution in [1.29, 1.82) is 0 Å². The van der Waals surface area contributed by atoms with Gasteiger partial charge in [-0.15, -0.1) is 0 Å². The summed E-state index contributed by atoms with van der Waals surface area (Å²) >= 11 is 0. The third kappa shape index (κ3) is 3.98. The largest absolute Gasteiger partial charge is 0.337 e. The van der Waals surface area contributed by atoms with Gasteiger partial charge in [-0.25, -0.2) is 0 Å². The number of amides is 1. The Hall–Kier alpha value is -2.14. The minimum Gasteiger partial charge on any atom is -0.337 e. The summed E-state index contributed by atoms with van der Waals surface area (Å²) in [6, 6.07) is 8.33. The van der Waals surface area contributed by atoms with Crippen LogP contribution in [0.3, 0.4) is 0 Å². The Morgan fingerprint density at radius 1 is 1.04 bits per heavy atom. The standard InChI is InChI=1S/C21H30N4O/c1-5-25-18(4)20(17(3)22-25)15-23-11-10-21(26)24(13-12-23)14-19-9-7-6-8-16(19)2/h6-9H,5,10-15H2,1-4H3. The van der Waals surface area contributed by atoms with E-state index in [9.17, 15) is 4.79 Å². The molecule has 140 valence electrons. The van der Waals surface area contributed by atoms with E-state index in [1.807, 2.05) is 17.0 Å². The molecule has 1 aromatic heterocycles. The van der Waals surface area contributed by atoms with E-state index in [1.54, 1.807) is 0 Å². The summed E-state index contributed by atoms with van der Waals surface area (Å²) in [4.78, 5) is 17.0. The van der Waals surface area contributed by atoms with E-state index in [-0.39, 0.29) is 5.91 Å². The zero-order valence-corrected chi connectivity index (χ0v) is 16.5. The highest BCUT2D eigenvalue weighted by Crippen LogP contribution is 2.18. The molecule has 0 saturated carbocycles. The molecule has 0 atom stereocenters. The minimum atomic E-state index is 0.258. The molecule has 1 aromatic carbocycles. The molecule has 5 heteroatoms. The van der Waals surface area contributed by atoms with Gasteiger partial charge in [0.25, 0.3) is 0 Å². The molecular weight excluding hydrogens is 324 g/mol. The third-order valence-corrected chi connectivity index (χ3v) is 5.52. The molecule has 0 N–H and O–H groups in total. The summed E-state index contributed by atoms with van der Waals surface area (Å²) in [5.41, 5.74) is 6.16. The monoisotopic (exact) mass is 354 g/mol. The van der Waals surface area contributed by atoms with Gasteiger partial charge in [0.2, 0.25) is 5.91 Å². The van der Waals surface area contributed by atoms with Crippen LogP contribution in [0.2, 0.25) is 0 Å². The summed E-state index contributed by atoms with van der Waals surface area (Å²) in [7, 11) is 0. The second kappa shape index (κ2) is 8.04. The predicted molar refractivity (Wildman–Crippen MR) is 104 cm³/mol. The van der Waals surface area contributed by atoms with E-state index in [4.69, 9.17) is 0 Å². The number of hydrogen-bond donors (Lipinski definition) is 0. The SMILES string of the molecule is CCn1nc(C)c(CN2CCC(=O)N(Cc3ccccc3C)CC2)c1C. The molecule has 0 radical (unpaired) electrons. The second-order valence-electron chi connectivity index (χ2n) is 7.23. The third-order valence-electron chi connectivity index (χ3n) is 5.52. The van der Waals surface area contributed by atoms with Crippen LogP contribution in [0, 0.1) is 20.8 Å². The zero-order valence-electron chi connectivity index (χ0n) is 16.5. The number of nitrogens with zero attached hydrogens (tertiary/aromatic N) is 4. The van der Waals surface area contributed by atoms with Crippen LogP contribution >= 0.6 is 0 Å². The molecule has 0 aliphatic carbocycles. The molecule has 1 fully saturated rings. The summed E-state index contributed by atoms with van der Waals surface area (Å²) in [5, 5.41) is 4.63. The van der Waals surface area contributed by atoms with Gasteiger partial charge in [-0.05, 0) is 38.8 Å². The minimum absolute atomic E-state index is 0.258. The van der Waals surface area contributed by atoms with Gasteiger partial charge < -0.3 is 4.90 Å². The molecular formula is C21H30N4O. The van der Waals surface area contributed by atoms with E-state index < -0.39 is 0 Å². The molecule has 1 aliphatic rings. The van der Waals surface area contributed by atoms with Gasteiger partial charge in [0.05, 0.1) is 5.69 Å². The van der Waals surface area contributed by atoms with Crippen molar-refractivity contribution in [2.75, 3.05) is 19.6 Å². The van der Waals surface area contributed by atoms with Crippen LogP contribution in [0.25, 0.3) is 0 Å². The first-order valence-electron chi connectivity index (χ1n) is 9.57. The van der Waals surface area contributed by atoms with Crippen LogP contribution in [0.5, 0.6) is 0 Å². The number of benzene rings is 1. The molecule has 1 aliphatic heterocycles. The second-order valence-corrected chi connectivity index (χ2v) is 7.23. The first-order valence-corrected chi connectivity index (χ1v) is 9.57. The highest BCUT2D eigenvalue weighted by molar-refractivity contribution is 5.76. The fourth-order valence-corrected chi connectivity index (χ4v) is 3.72. The molecule has 2 aromatic rings. The molecule has 26 heavy (non-hydrogen) atoms. The van der Waals surface area contributed by atoms with Crippen molar-refractivity contribution in [3.8, 4) is 0 Å². The zero-order chi connectivity index (χ0) is 18.7. The van der Waals surface area contributed by atoms with Crippen molar-refractivity contribution in [1.82, 2.24) is 19.6 Å². The Labute approximate surface area is 156 Å². The van der Waals surface area contributed by atoms with E-state index in [0.717, 1.165) is 38.4 Å². The van der Waals surface area contributed by atoms with Crippen molar-refractivity contribution in [2.24, 2.45) is 0 Å². The maximum Gasteiger partial charge on any atom is 0.224 e. The normalized spacial score (nSPS) is 16.2. The number of hydrogen-bond acceptors (Lipinski definition) is 3. The lowest BCUT2D eigenvalue weighted by Gasteiger charge is -2.23. The topological polar surface area (TPSA) is 41.4 Å². The lowest BCUT2D eigenvalue weighted by atomic mass is 10.1. The van der Waals surface area contributed by atoms with Crippen LogP contribution in [-0.4, -0.2) is 45.1 Å². The lowest BCUT2D eigenvalue weighted by molar-refractivity contribution is -0.130. The summed E-state index contributed by atoms with van der Waals surface area (Å²) in [6.45, 7) is 13.5. The fourth-order valence-electron chi connectivity index (χ4n) is 3.72. The molecule has 0 bridgehead atoms. The molecule has 1 saturated heterocycles. The van der Waals surface area contributed by atoms with Gasteiger partial charge in [-0.3, -0.25) is 14.4 Å². The first kappa shape index (κ1) is 18.6. The number of aromatic nitrogens is 2. The molecule has 1 amide bonds. The number of carbonyl (C=O) groups is 1. The van der Waals surface area contributed by atoms with Crippen molar-refractivity contribution in [3.05, 3.63) is 52.3 Å². The van der Waals surface area contributed by atoms with Crippen LogP contribution in [-0.2, 0) is 24.4 Å². The highest BCUT2D eigenvalue weighted by atomic mass is 16.2.